The first-order valence-electron chi connectivity index (χ1n) is 8.08. The van der Waals surface area contributed by atoms with Crippen molar-refractivity contribution in [2.75, 3.05) is 6.54 Å². The lowest BCUT2D eigenvalue weighted by Crippen LogP contribution is -2.26. The molecule has 2 aromatic heterocycles. The van der Waals surface area contributed by atoms with Crippen LogP contribution in [0.15, 0.2) is 28.8 Å². The Morgan fingerprint density at radius 2 is 2.00 bits per heavy atom. The third-order valence-electron chi connectivity index (χ3n) is 4.56. The first kappa shape index (κ1) is 15.9. The molecule has 0 fully saturated rings. The van der Waals surface area contributed by atoms with Gasteiger partial charge in [-0.15, -0.1) is 0 Å². The number of amides is 1. The second-order valence-electron chi connectivity index (χ2n) is 6.27. The van der Waals surface area contributed by atoms with Crippen LogP contribution in [0, 0.1) is 13.8 Å². The largest absolute Gasteiger partial charge is 0.361 e. The summed E-state index contributed by atoms with van der Waals surface area (Å²) >= 11 is 5.98. The van der Waals surface area contributed by atoms with Crippen molar-refractivity contribution in [3.8, 4) is 11.4 Å². The lowest BCUT2D eigenvalue weighted by atomic mass is 9.94. The topological polar surface area (TPSA) is 83.8 Å². The molecule has 0 saturated carbocycles. The molecule has 3 heterocycles. The number of carbonyl (C=O) groups is 1. The van der Waals surface area contributed by atoms with E-state index in [9.17, 15) is 4.79 Å². The molecule has 1 amide bonds. The van der Waals surface area contributed by atoms with Gasteiger partial charge in [0.05, 0.1) is 11.3 Å². The molecule has 1 aliphatic heterocycles. The van der Waals surface area contributed by atoms with Gasteiger partial charge in [0.15, 0.2) is 0 Å². The van der Waals surface area contributed by atoms with Gasteiger partial charge in [0, 0.05) is 23.2 Å². The fraction of sp³-hybridized carbons (Fsp3) is 0.278. The van der Waals surface area contributed by atoms with Crippen LogP contribution in [0.5, 0.6) is 0 Å². The van der Waals surface area contributed by atoms with E-state index in [-0.39, 0.29) is 11.8 Å². The SMILES string of the molecule is Cc1noc(C)c1-c1nc2c([nH]1)C[C@@H](c1ccc(Cl)cc1)CNC2=O. The van der Waals surface area contributed by atoms with Gasteiger partial charge in [-0.3, -0.25) is 4.79 Å². The predicted molar refractivity (Wildman–Crippen MR) is 93.8 cm³/mol. The molecule has 0 unspecified atom stereocenters. The minimum Gasteiger partial charge on any atom is -0.361 e. The summed E-state index contributed by atoms with van der Waals surface area (Å²) < 4.78 is 5.21. The Morgan fingerprint density at radius 1 is 1.24 bits per heavy atom. The summed E-state index contributed by atoms with van der Waals surface area (Å²) in [6, 6.07) is 7.73. The molecular weight excluding hydrogens is 340 g/mol. The van der Waals surface area contributed by atoms with Crippen molar-refractivity contribution in [3.63, 3.8) is 0 Å². The first-order chi connectivity index (χ1) is 12.0. The summed E-state index contributed by atoms with van der Waals surface area (Å²) in [6.45, 7) is 4.25. The minimum absolute atomic E-state index is 0.153. The average molecular weight is 357 g/mol. The molecule has 3 aromatic rings. The molecule has 1 atom stereocenters. The molecule has 0 bridgehead atoms. The smallest absolute Gasteiger partial charge is 0.271 e. The average Bonchev–Trinajstić information content (AvgIpc) is 3.11. The number of H-pyrrole nitrogens is 1. The van der Waals surface area contributed by atoms with Crippen LogP contribution in [0.2, 0.25) is 5.02 Å². The van der Waals surface area contributed by atoms with Gasteiger partial charge in [-0.05, 0) is 38.0 Å². The van der Waals surface area contributed by atoms with Crippen molar-refractivity contribution in [2.45, 2.75) is 26.2 Å². The van der Waals surface area contributed by atoms with Crippen molar-refractivity contribution in [1.29, 1.82) is 0 Å². The minimum atomic E-state index is -0.166. The molecule has 25 heavy (non-hydrogen) atoms. The monoisotopic (exact) mass is 356 g/mol. The number of carbonyl (C=O) groups excluding carboxylic acids is 1. The summed E-state index contributed by atoms with van der Waals surface area (Å²) in [6.07, 6.45) is 0.687. The van der Waals surface area contributed by atoms with E-state index in [1.54, 1.807) is 0 Å². The predicted octanol–water partition coefficient (Wildman–Crippen LogP) is 3.40. The zero-order valence-corrected chi connectivity index (χ0v) is 14.6. The third-order valence-corrected chi connectivity index (χ3v) is 4.82. The van der Waals surface area contributed by atoms with Crippen molar-refractivity contribution < 1.29 is 9.32 Å². The molecule has 0 radical (unpaired) electrons. The molecule has 2 N–H and O–H groups in total. The summed E-state index contributed by atoms with van der Waals surface area (Å²) in [7, 11) is 0. The second kappa shape index (κ2) is 6.04. The number of aromatic amines is 1. The summed E-state index contributed by atoms with van der Waals surface area (Å²) in [5, 5.41) is 7.62. The zero-order chi connectivity index (χ0) is 17.6. The van der Waals surface area contributed by atoms with Gasteiger partial charge >= 0.3 is 0 Å². The number of halogens is 1. The molecule has 6 nitrogen and oxygen atoms in total. The van der Waals surface area contributed by atoms with E-state index in [0.29, 0.717) is 35.3 Å². The number of rotatable bonds is 2. The number of imidazole rings is 1. The van der Waals surface area contributed by atoms with Gasteiger partial charge in [0.2, 0.25) is 0 Å². The van der Waals surface area contributed by atoms with Crippen molar-refractivity contribution in [2.24, 2.45) is 0 Å². The second-order valence-corrected chi connectivity index (χ2v) is 6.71. The van der Waals surface area contributed by atoms with Gasteiger partial charge in [-0.25, -0.2) is 4.98 Å². The van der Waals surface area contributed by atoms with E-state index in [1.807, 2.05) is 38.1 Å². The highest BCUT2D eigenvalue weighted by Gasteiger charge is 2.27. The van der Waals surface area contributed by atoms with E-state index in [1.165, 1.54) is 0 Å². The number of hydrogen-bond donors (Lipinski definition) is 2. The standard InChI is InChI=1S/C18H17ClN4O2/c1-9-15(10(2)25-23-9)17-21-14-7-12(8-20-18(24)16(14)22-17)11-3-5-13(19)6-4-11/h3-6,12H,7-8H2,1-2H3,(H,20,24)(H,21,22)/t12-/m1/s1. The number of nitrogens with zero attached hydrogens (tertiary/aromatic N) is 2. The Hall–Kier alpha value is -2.60. The lowest BCUT2D eigenvalue weighted by Gasteiger charge is -2.14. The Kier molecular flexibility index (Phi) is 3.84. The summed E-state index contributed by atoms with van der Waals surface area (Å²) in [5.74, 6) is 1.28. The molecule has 0 aliphatic carbocycles. The fourth-order valence-electron chi connectivity index (χ4n) is 3.27. The van der Waals surface area contributed by atoms with E-state index in [0.717, 1.165) is 22.5 Å². The number of hydrogen-bond acceptors (Lipinski definition) is 4. The van der Waals surface area contributed by atoms with Crippen LogP contribution in [-0.2, 0) is 6.42 Å². The first-order valence-corrected chi connectivity index (χ1v) is 8.46. The van der Waals surface area contributed by atoms with Crippen molar-refractivity contribution >= 4 is 17.5 Å². The van der Waals surface area contributed by atoms with Crippen LogP contribution in [0.3, 0.4) is 0 Å². The number of benzene rings is 1. The summed E-state index contributed by atoms with van der Waals surface area (Å²) in [4.78, 5) is 20.2. The highest BCUT2D eigenvalue weighted by Crippen LogP contribution is 2.29. The summed E-state index contributed by atoms with van der Waals surface area (Å²) in [5.41, 5.74) is 3.95. The van der Waals surface area contributed by atoms with E-state index in [4.69, 9.17) is 16.1 Å². The Labute approximate surface area is 149 Å². The molecule has 4 rings (SSSR count). The number of nitrogens with one attached hydrogen (secondary N) is 2. The molecule has 0 spiro atoms. The maximum absolute atomic E-state index is 12.4. The van der Waals surface area contributed by atoms with Gasteiger partial charge in [0.25, 0.3) is 5.91 Å². The fourth-order valence-corrected chi connectivity index (χ4v) is 3.40. The molecule has 1 aromatic carbocycles. The Bertz CT molecular complexity index is 923. The maximum Gasteiger partial charge on any atom is 0.271 e. The van der Waals surface area contributed by atoms with E-state index < -0.39 is 0 Å². The van der Waals surface area contributed by atoms with Crippen LogP contribution in [0.25, 0.3) is 11.4 Å². The number of fused-ring (bicyclic) bond motifs is 1. The van der Waals surface area contributed by atoms with E-state index in [2.05, 4.69) is 20.4 Å². The normalized spacial score (nSPS) is 17.1. The van der Waals surface area contributed by atoms with Gasteiger partial charge in [0.1, 0.15) is 17.3 Å². The lowest BCUT2D eigenvalue weighted by molar-refractivity contribution is 0.0950. The van der Waals surface area contributed by atoms with Crippen LogP contribution >= 0.6 is 11.6 Å². The van der Waals surface area contributed by atoms with Crippen molar-refractivity contribution in [3.05, 3.63) is 57.7 Å². The highest BCUT2D eigenvalue weighted by atomic mass is 35.5. The molecule has 0 saturated heterocycles. The Morgan fingerprint density at radius 3 is 2.68 bits per heavy atom. The quantitative estimate of drug-likeness (QED) is 0.737. The molecule has 1 aliphatic rings. The highest BCUT2D eigenvalue weighted by molar-refractivity contribution is 6.30. The van der Waals surface area contributed by atoms with Crippen LogP contribution in [-0.4, -0.2) is 27.6 Å². The van der Waals surface area contributed by atoms with Crippen LogP contribution < -0.4 is 5.32 Å². The Balaban J connectivity index is 1.72. The third kappa shape index (κ3) is 2.82. The van der Waals surface area contributed by atoms with Gasteiger partial charge < -0.3 is 14.8 Å². The van der Waals surface area contributed by atoms with E-state index >= 15 is 0 Å². The zero-order valence-electron chi connectivity index (χ0n) is 13.9. The molecular formula is C18H17ClN4O2. The molecule has 7 heteroatoms. The maximum atomic E-state index is 12.4. The van der Waals surface area contributed by atoms with Gasteiger partial charge in [-0.2, -0.15) is 0 Å². The van der Waals surface area contributed by atoms with Gasteiger partial charge in [-0.1, -0.05) is 28.9 Å². The van der Waals surface area contributed by atoms with Crippen molar-refractivity contribution in [1.82, 2.24) is 20.4 Å². The number of aromatic nitrogens is 3. The molecule has 128 valence electrons. The number of aryl methyl sites for hydroxylation is 2. The van der Waals surface area contributed by atoms with Crippen LogP contribution in [0.4, 0.5) is 0 Å². The van der Waals surface area contributed by atoms with Crippen LogP contribution in [0.1, 0.15) is 39.1 Å².